The summed E-state index contributed by atoms with van der Waals surface area (Å²) in [5.74, 6) is -0.0631. The molecule has 0 aliphatic heterocycles. The molecule has 1 fully saturated rings. The van der Waals surface area contributed by atoms with E-state index < -0.39 is 0 Å². The summed E-state index contributed by atoms with van der Waals surface area (Å²) in [4.78, 5) is 0. The molecule has 0 amide bonds. The van der Waals surface area contributed by atoms with Crippen LogP contribution in [0.15, 0.2) is 36.9 Å². The minimum absolute atomic E-state index is 0.0164. The van der Waals surface area contributed by atoms with Gasteiger partial charge < -0.3 is 0 Å². The molecule has 0 radical (unpaired) electrons. The van der Waals surface area contributed by atoms with Crippen LogP contribution in [0.2, 0.25) is 0 Å². The Morgan fingerprint density at radius 1 is 1.22 bits per heavy atom. The van der Waals surface area contributed by atoms with Crippen molar-refractivity contribution in [1.29, 1.82) is 5.26 Å². The zero-order chi connectivity index (χ0) is 17.7. The fourth-order valence-corrected chi connectivity index (χ4v) is 3.14. The topological polar surface area (TPSA) is 23.8 Å². The number of allylic oxidation sites excluding steroid dienone is 1. The van der Waals surface area contributed by atoms with Crippen molar-refractivity contribution in [2.75, 3.05) is 0 Å². The molecule has 0 saturated heterocycles. The number of unbranched alkanes of at least 4 members (excludes halogenated alkanes) is 1. The molecule has 1 aliphatic rings. The van der Waals surface area contributed by atoms with E-state index >= 15 is 0 Å². The SMILES string of the molecule is C=CC(C#N)C1(c2cccc(C)c2)CCCC1.CC.CCCC. The third kappa shape index (κ3) is 5.87. The second-order valence-corrected chi connectivity index (χ2v) is 6.08. The van der Waals surface area contributed by atoms with Gasteiger partial charge in [0.25, 0.3) is 0 Å². The van der Waals surface area contributed by atoms with Crippen molar-refractivity contribution in [1.82, 2.24) is 0 Å². The first kappa shape index (κ1) is 21.4. The molecule has 23 heavy (non-hydrogen) atoms. The van der Waals surface area contributed by atoms with Crippen molar-refractivity contribution in [3.8, 4) is 6.07 Å². The van der Waals surface area contributed by atoms with Gasteiger partial charge in [0, 0.05) is 5.41 Å². The van der Waals surface area contributed by atoms with E-state index in [2.05, 4.69) is 57.7 Å². The molecule has 1 aromatic carbocycles. The number of aryl methyl sites for hydroxylation is 1. The molecule has 2 rings (SSSR count). The zero-order valence-corrected chi connectivity index (χ0v) is 15.9. The molecule has 1 heteroatoms. The van der Waals surface area contributed by atoms with E-state index in [4.69, 9.17) is 0 Å². The fraction of sp³-hybridized carbons (Fsp3) is 0.591. The molecule has 0 aromatic heterocycles. The largest absolute Gasteiger partial charge is 0.198 e. The summed E-state index contributed by atoms with van der Waals surface area (Å²) in [5, 5.41) is 9.36. The Labute approximate surface area is 144 Å². The standard InChI is InChI=1S/C16H19N.C4H10.C2H6/c1-3-14(12-17)16(9-4-5-10-16)15-8-6-7-13(2)11-15;1-3-4-2;1-2/h3,6-8,11,14H,1,4-5,9-10H2,2H3;3-4H2,1-2H3;1-2H3. The van der Waals surface area contributed by atoms with E-state index in [1.54, 1.807) is 0 Å². The van der Waals surface area contributed by atoms with Crippen LogP contribution in [0, 0.1) is 24.2 Å². The van der Waals surface area contributed by atoms with Gasteiger partial charge in [-0.1, -0.05) is 89.3 Å². The highest BCUT2D eigenvalue weighted by atomic mass is 14.5. The van der Waals surface area contributed by atoms with E-state index in [1.807, 2.05) is 19.9 Å². The maximum atomic E-state index is 9.36. The molecule has 1 nitrogen and oxygen atoms in total. The van der Waals surface area contributed by atoms with Gasteiger partial charge in [-0.05, 0) is 25.3 Å². The van der Waals surface area contributed by atoms with E-state index in [-0.39, 0.29) is 11.3 Å². The number of hydrogen-bond acceptors (Lipinski definition) is 1. The molecular formula is C22H35N. The third-order valence-corrected chi connectivity index (χ3v) is 4.56. The van der Waals surface area contributed by atoms with Crippen molar-refractivity contribution in [3.63, 3.8) is 0 Å². The van der Waals surface area contributed by atoms with Crippen molar-refractivity contribution >= 4 is 0 Å². The number of nitriles is 1. The van der Waals surface area contributed by atoms with Crippen LogP contribution in [0.5, 0.6) is 0 Å². The number of hydrogen-bond donors (Lipinski definition) is 0. The van der Waals surface area contributed by atoms with Gasteiger partial charge in [0.1, 0.15) is 0 Å². The number of benzene rings is 1. The van der Waals surface area contributed by atoms with Gasteiger partial charge in [-0.3, -0.25) is 0 Å². The molecule has 1 unspecified atom stereocenters. The predicted molar refractivity (Wildman–Crippen MR) is 103 cm³/mol. The van der Waals surface area contributed by atoms with Crippen LogP contribution in [0.4, 0.5) is 0 Å². The second kappa shape index (κ2) is 11.9. The molecular weight excluding hydrogens is 278 g/mol. The normalized spacial score (nSPS) is 16.0. The molecule has 1 aliphatic carbocycles. The first-order chi connectivity index (χ1) is 11.1. The van der Waals surface area contributed by atoms with Gasteiger partial charge >= 0.3 is 0 Å². The monoisotopic (exact) mass is 313 g/mol. The van der Waals surface area contributed by atoms with Crippen molar-refractivity contribution in [2.45, 2.75) is 78.6 Å². The highest BCUT2D eigenvalue weighted by molar-refractivity contribution is 5.34. The molecule has 1 atom stereocenters. The van der Waals surface area contributed by atoms with Gasteiger partial charge in [-0.25, -0.2) is 0 Å². The Balaban J connectivity index is 0.000000705. The Kier molecular flexibility index (Phi) is 11.1. The van der Waals surface area contributed by atoms with Crippen LogP contribution in [0.3, 0.4) is 0 Å². The van der Waals surface area contributed by atoms with Crippen LogP contribution in [0.1, 0.15) is 77.3 Å². The van der Waals surface area contributed by atoms with E-state index in [1.165, 1.54) is 36.8 Å². The Hall–Kier alpha value is -1.55. The molecule has 0 bridgehead atoms. The molecule has 128 valence electrons. The Morgan fingerprint density at radius 3 is 2.17 bits per heavy atom. The lowest BCUT2D eigenvalue weighted by Gasteiger charge is -2.33. The van der Waals surface area contributed by atoms with Crippen LogP contribution < -0.4 is 0 Å². The summed E-state index contributed by atoms with van der Waals surface area (Å²) in [6, 6.07) is 11.1. The van der Waals surface area contributed by atoms with Crippen LogP contribution in [-0.2, 0) is 5.41 Å². The molecule has 1 aromatic rings. The van der Waals surface area contributed by atoms with E-state index in [9.17, 15) is 5.26 Å². The Bertz CT molecular complexity index is 473. The third-order valence-electron chi connectivity index (χ3n) is 4.56. The van der Waals surface area contributed by atoms with Crippen molar-refractivity contribution < 1.29 is 0 Å². The van der Waals surface area contributed by atoms with E-state index in [0.717, 1.165) is 12.8 Å². The van der Waals surface area contributed by atoms with Crippen LogP contribution >= 0.6 is 0 Å². The van der Waals surface area contributed by atoms with Gasteiger partial charge in [-0.15, -0.1) is 6.58 Å². The number of rotatable bonds is 4. The fourth-order valence-electron chi connectivity index (χ4n) is 3.14. The van der Waals surface area contributed by atoms with Gasteiger partial charge in [0.2, 0.25) is 0 Å². The summed E-state index contributed by atoms with van der Waals surface area (Å²) in [5.41, 5.74) is 2.61. The smallest absolute Gasteiger partial charge is 0.0737 e. The average Bonchev–Trinajstić information content (AvgIpc) is 3.09. The lowest BCUT2D eigenvalue weighted by atomic mass is 9.69. The molecule has 0 N–H and O–H groups in total. The molecule has 0 heterocycles. The van der Waals surface area contributed by atoms with Gasteiger partial charge in [0.15, 0.2) is 0 Å². The highest BCUT2D eigenvalue weighted by Gasteiger charge is 2.41. The molecule has 1 saturated carbocycles. The zero-order valence-electron chi connectivity index (χ0n) is 15.9. The van der Waals surface area contributed by atoms with Crippen LogP contribution in [-0.4, -0.2) is 0 Å². The maximum Gasteiger partial charge on any atom is 0.0737 e. The molecule has 0 spiro atoms. The summed E-state index contributed by atoms with van der Waals surface area (Å²) in [6.07, 6.45) is 9.13. The summed E-state index contributed by atoms with van der Waals surface area (Å²) in [7, 11) is 0. The summed E-state index contributed by atoms with van der Waals surface area (Å²) < 4.78 is 0. The lowest BCUT2D eigenvalue weighted by Crippen LogP contribution is -2.30. The first-order valence-corrected chi connectivity index (χ1v) is 9.24. The summed E-state index contributed by atoms with van der Waals surface area (Å²) in [6.45, 7) is 14.3. The van der Waals surface area contributed by atoms with Crippen molar-refractivity contribution in [3.05, 3.63) is 48.0 Å². The predicted octanol–water partition coefficient (Wildman–Crippen LogP) is 6.97. The first-order valence-electron chi connectivity index (χ1n) is 9.24. The number of nitrogens with zero attached hydrogens (tertiary/aromatic N) is 1. The van der Waals surface area contributed by atoms with Crippen molar-refractivity contribution in [2.24, 2.45) is 5.92 Å². The minimum atomic E-state index is -0.0631. The quantitative estimate of drug-likeness (QED) is 0.551. The highest BCUT2D eigenvalue weighted by Crippen LogP contribution is 2.47. The Morgan fingerprint density at radius 2 is 1.78 bits per heavy atom. The maximum absolute atomic E-state index is 9.36. The lowest BCUT2D eigenvalue weighted by molar-refractivity contribution is 0.380. The van der Waals surface area contributed by atoms with E-state index in [0.29, 0.717) is 0 Å². The van der Waals surface area contributed by atoms with Gasteiger partial charge in [0.05, 0.1) is 12.0 Å². The average molecular weight is 314 g/mol. The second-order valence-electron chi connectivity index (χ2n) is 6.08. The van der Waals surface area contributed by atoms with Gasteiger partial charge in [-0.2, -0.15) is 5.26 Å². The minimum Gasteiger partial charge on any atom is -0.198 e. The summed E-state index contributed by atoms with van der Waals surface area (Å²) >= 11 is 0. The van der Waals surface area contributed by atoms with Crippen LogP contribution in [0.25, 0.3) is 0 Å².